The number of aryl methyl sites for hydroxylation is 1. The van der Waals surface area contributed by atoms with Crippen LogP contribution in [0.2, 0.25) is 0 Å². The fourth-order valence-electron chi connectivity index (χ4n) is 1.46. The second kappa shape index (κ2) is 3.24. The minimum atomic E-state index is -0.0105. The van der Waals surface area contributed by atoms with Gasteiger partial charge in [-0.2, -0.15) is 4.37 Å². The third kappa shape index (κ3) is 1.37. The topological polar surface area (TPSA) is 54.0 Å². The highest BCUT2D eigenvalue weighted by atomic mass is 32.1. The first-order chi connectivity index (χ1) is 6.59. The molecule has 4 nitrogen and oxygen atoms in total. The SMILES string of the molecule is Cc1nsc2c1C(=O)NC(C(C)C)N2. The molecule has 0 saturated carbocycles. The Labute approximate surface area is 86.9 Å². The summed E-state index contributed by atoms with van der Waals surface area (Å²) in [4.78, 5) is 11.7. The number of hydrogen-bond acceptors (Lipinski definition) is 4. The number of nitrogens with one attached hydrogen (secondary N) is 2. The van der Waals surface area contributed by atoms with Gasteiger partial charge in [0, 0.05) is 0 Å². The van der Waals surface area contributed by atoms with Gasteiger partial charge in [0.05, 0.1) is 11.3 Å². The largest absolute Gasteiger partial charge is 0.355 e. The first-order valence-electron chi connectivity index (χ1n) is 4.63. The van der Waals surface area contributed by atoms with Crippen LogP contribution in [-0.2, 0) is 0 Å². The number of nitrogens with zero attached hydrogens (tertiary/aromatic N) is 1. The van der Waals surface area contributed by atoms with Crippen LogP contribution >= 0.6 is 11.5 Å². The molecule has 2 N–H and O–H groups in total. The number of aromatic nitrogens is 1. The summed E-state index contributed by atoms with van der Waals surface area (Å²) in [7, 11) is 0. The maximum absolute atomic E-state index is 11.7. The van der Waals surface area contributed by atoms with Gasteiger partial charge in [-0.25, -0.2) is 0 Å². The van der Waals surface area contributed by atoms with Gasteiger partial charge in [-0.1, -0.05) is 13.8 Å². The molecule has 1 aliphatic heterocycles. The number of hydrogen-bond donors (Lipinski definition) is 2. The van der Waals surface area contributed by atoms with Crippen LogP contribution in [0.15, 0.2) is 0 Å². The molecule has 0 spiro atoms. The van der Waals surface area contributed by atoms with E-state index in [9.17, 15) is 4.79 Å². The van der Waals surface area contributed by atoms with Crippen molar-refractivity contribution in [3.8, 4) is 0 Å². The molecular formula is C9H13N3OS. The predicted octanol–water partition coefficient (Wildman–Crippen LogP) is 1.59. The van der Waals surface area contributed by atoms with Crippen molar-refractivity contribution in [2.24, 2.45) is 5.92 Å². The van der Waals surface area contributed by atoms with E-state index in [0.29, 0.717) is 11.5 Å². The predicted molar refractivity (Wildman–Crippen MR) is 56.6 cm³/mol. The van der Waals surface area contributed by atoms with Crippen LogP contribution < -0.4 is 10.6 Å². The third-order valence-electron chi connectivity index (χ3n) is 2.33. The smallest absolute Gasteiger partial charge is 0.257 e. The van der Waals surface area contributed by atoms with Crippen molar-refractivity contribution >= 4 is 22.4 Å². The van der Waals surface area contributed by atoms with Crippen LogP contribution in [-0.4, -0.2) is 16.4 Å². The van der Waals surface area contributed by atoms with E-state index in [1.54, 1.807) is 0 Å². The first kappa shape index (κ1) is 9.45. The Morgan fingerprint density at radius 1 is 1.43 bits per heavy atom. The zero-order valence-corrected chi connectivity index (χ0v) is 9.23. The standard InChI is InChI=1S/C9H13N3OS/c1-4(2)7-10-8(13)6-5(3)12-14-9(6)11-7/h4,7,11H,1-3H3,(H,10,13). The third-order valence-corrected chi connectivity index (χ3v) is 3.20. The van der Waals surface area contributed by atoms with Crippen LogP contribution in [0.3, 0.4) is 0 Å². The molecule has 5 heteroatoms. The van der Waals surface area contributed by atoms with Gasteiger partial charge in [0.1, 0.15) is 11.2 Å². The Morgan fingerprint density at radius 3 is 2.79 bits per heavy atom. The van der Waals surface area contributed by atoms with Gasteiger partial charge in [-0.15, -0.1) is 0 Å². The lowest BCUT2D eigenvalue weighted by Gasteiger charge is -2.28. The van der Waals surface area contributed by atoms with E-state index in [-0.39, 0.29) is 12.1 Å². The maximum atomic E-state index is 11.7. The Hall–Kier alpha value is -1.10. The Morgan fingerprint density at radius 2 is 2.14 bits per heavy atom. The molecule has 1 aliphatic rings. The maximum Gasteiger partial charge on any atom is 0.257 e. The number of amides is 1. The average molecular weight is 211 g/mol. The molecule has 76 valence electrons. The van der Waals surface area contributed by atoms with Crippen molar-refractivity contribution in [2.75, 3.05) is 5.32 Å². The highest BCUT2D eigenvalue weighted by Gasteiger charge is 2.28. The van der Waals surface area contributed by atoms with Gasteiger partial charge < -0.3 is 10.6 Å². The summed E-state index contributed by atoms with van der Waals surface area (Å²) in [5, 5.41) is 7.08. The quantitative estimate of drug-likeness (QED) is 0.741. The van der Waals surface area contributed by atoms with Crippen molar-refractivity contribution < 1.29 is 4.79 Å². The summed E-state index contributed by atoms with van der Waals surface area (Å²) in [6.45, 7) is 5.99. The minimum absolute atomic E-state index is 0.0105. The highest BCUT2D eigenvalue weighted by molar-refractivity contribution is 7.10. The fraction of sp³-hybridized carbons (Fsp3) is 0.556. The molecule has 0 bridgehead atoms. The molecule has 1 amide bonds. The summed E-state index contributed by atoms with van der Waals surface area (Å²) in [6, 6.07) is 0. The van der Waals surface area contributed by atoms with Crippen molar-refractivity contribution in [1.29, 1.82) is 0 Å². The zero-order valence-electron chi connectivity index (χ0n) is 8.42. The van der Waals surface area contributed by atoms with Crippen molar-refractivity contribution in [2.45, 2.75) is 26.9 Å². The van der Waals surface area contributed by atoms with E-state index >= 15 is 0 Å². The van der Waals surface area contributed by atoms with Crippen molar-refractivity contribution in [3.05, 3.63) is 11.3 Å². The zero-order chi connectivity index (χ0) is 10.3. The second-order valence-electron chi connectivity index (χ2n) is 3.81. The lowest BCUT2D eigenvalue weighted by Crippen LogP contribution is -2.47. The number of anilines is 1. The average Bonchev–Trinajstić information content (AvgIpc) is 2.48. The van der Waals surface area contributed by atoms with E-state index in [4.69, 9.17) is 0 Å². The molecule has 1 unspecified atom stereocenters. The Bertz CT molecular complexity index is 372. The summed E-state index contributed by atoms with van der Waals surface area (Å²) >= 11 is 1.35. The number of carbonyl (C=O) groups excluding carboxylic acids is 1. The van der Waals surface area contributed by atoms with E-state index in [0.717, 1.165) is 10.7 Å². The van der Waals surface area contributed by atoms with Gasteiger partial charge in [0.25, 0.3) is 5.91 Å². The van der Waals surface area contributed by atoms with Crippen LogP contribution in [0.1, 0.15) is 29.9 Å². The van der Waals surface area contributed by atoms with Gasteiger partial charge in [0.2, 0.25) is 0 Å². The van der Waals surface area contributed by atoms with E-state index in [1.807, 2.05) is 6.92 Å². The molecule has 14 heavy (non-hydrogen) atoms. The van der Waals surface area contributed by atoms with Gasteiger partial charge in [-0.3, -0.25) is 4.79 Å². The van der Waals surface area contributed by atoms with Gasteiger partial charge in [0.15, 0.2) is 0 Å². The summed E-state index contributed by atoms with van der Waals surface area (Å²) in [5.74, 6) is 0.359. The molecule has 1 atom stereocenters. The molecule has 1 aromatic heterocycles. The first-order valence-corrected chi connectivity index (χ1v) is 5.40. The van der Waals surface area contributed by atoms with E-state index in [2.05, 4.69) is 28.9 Å². The highest BCUT2D eigenvalue weighted by Crippen LogP contribution is 2.28. The number of carbonyl (C=O) groups is 1. The van der Waals surface area contributed by atoms with Crippen LogP contribution in [0.5, 0.6) is 0 Å². The van der Waals surface area contributed by atoms with Crippen LogP contribution in [0.25, 0.3) is 0 Å². The molecule has 0 saturated heterocycles. The van der Waals surface area contributed by atoms with Crippen LogP contribution in [0, 0.1) is 12.8 Å². The Kier molecular flexibility index (Phi) is 2.19. The number of rotatable bonds is 1. The Balaban J connectivity index is 2.35. The summed E-state index contributed by atoms with van der Waals surface area (Å²) in [6.07, 6.45) is 0.0230. The van der Waals surface area contributed by atoms with Crippen molar-refractivity contribution in [1.82, 2.24) is 9.69 Å². The van der Waals surface area contributed by atoms with E-state index in [1.165, 1.54) is 11.5 Å². The van der Waals surface area contributed by atoms with E-state index < -0.39 is 0 Å². The lowest BCUT2D eigenvalue weighted by atomic mass is 10.1. The summed E-state index contributed by atoms with van der Waals surface area (Å²) < 4.78 is 4.16. The molecule has 2 heterocycles. The normalized spacial score (nSPS) is 20.3. The molecule has 0 radical (unpaired) electrons. The second-order valence-corrected chi connectivity index (χ2v) is 4.58. The minimum Gasteiger partial charge on any atom is -0.355 e. The van der Waals surface area contributed by atoms with Crippen LogP contribution in [0.4, 0.5) is 5.00 Å². The molecule has 0 fully saturated rings. The molecule has 0 aliphatic carbocycles. The lowest BCUT2D eigenvalue weighted by molar-refractivity contribution is 0.0926. The van der Waals surface area contributed by atoms with Crippen molar-refractivity contribution in [3.63, 3.8) is 0 Å². The molecular weight excluding hydrogens is 198 g/mol. The molecule has 0 aromatic carbocycles. The molecule has 1 aromatic rings. The fourth-order valence-corrected chi connectivity index (χ4v) is 2.29. The van der Waals surface area contributed by atoms with Gasteiger partial charge >= 0.3 is 0 Å². The van der Waals surface area contributed by atoms with Gasteiger partial charge in [-0.05, 0) is 24.4 Å². The monoisotopic (exact) mass is 211 g/mol. The number of fused-ring (bicyclic) bond motifs is 1. The molecule has 2 rings (SSSR count). The summed E-state index contributed by atoms with van der Waals surface area (Å²) in [5.41, 5.74) is 1.50.